The lowest BCUT2D eigenvalue weighted by Gasteiger charge is -2.33. The number of rotatable bonds is 4. The minimum Gasteiger partial charge on any atom is -0.444 e. The van der Waals surface area contributed by atoms with Crippen molar-refractivity contribution in [2.45, 2.75) is 58.7 Å². The molecule has 1 aliphatic rings. The molecule has 1 aromatic rings. The van der Waals surface area contributed by atoms with Crippen LogP contribution in [0.2, 0.25) is 0 Å². The molecule has 1 fully saturated rings. The van der Waals surface area contributed by atoms with Crippen LogP contribution in [0.1, 0.15) is 46.1 Å². The summed E-state index contributed by atoms with van der Waals surface area (Å²) in [5.41, 5.74) is 0.464. The minimum absolute atomic E-state index is 0.454. The summed E-state index contributed by atoms with van der Waals surface area (Å²) in [5.74, 6) is 1.50. The lowest BCUT2D eigenvalue weighted by atomic mass is 9.82. The molecule has 6 nitrogen and oxygen atoms in total. The Hall–Kier alpha value is -1.56. The van der Waals surface area contributed by atoms with Gasteiger partial charge in [0.25, 0.3) is 0 Å². The topological polar surface area (TPSA) is 68.2 Å². The van der Waals surface area contributed by atoms with E-state index in [1.807, 2.05) is 27.8 Å². The first kappa shape index (κ1) is 15.8. The largest absolute Gasteiger partial charge is 0.444 e. The van der Waals surface area contributed by atoms with Gasteiger partial charge >= 0.3 is 6.09 Å². The van der Waals surface area contributed by atoms with E-state index in [2.05, 4.69) is 22.7 Å². The monoisotopic (exact) mass is 294 g/mol. The van der Waals surface area contributed by atoms with Gasteiger partial charge < -0.3 is 10.1 Å². The molecule has 0 bridgehead atoms. The number of nitrogens with one attached hydrogen (secondary N) is 2. The second kappa shape index (κ2) is 6.05. The third-order valence-electron chi connectivity index (χ3n) is 3.59. The van der Waals surface area contributed by atoms with E-state index in [1.54, 1.807) is 10.9 Å². The molecule has 1 amide bonds. The highest BCUT2D eigenvalue weighted by Crippen LogP contribution is 2.27. The third-order valence-corrected chi connectivity index (χ3v) is 3.59. The Labute approximate surface area is 126 Å². The lowest BCUT2D eigenvalue weighted by Crippen LogP contribution is -2.39. The van der Waals surface area contributed by atoms with E-state index in [9.17, 15) is 4.79 Å². The normalized spacial score (nSPS) is 21.8. The molecule has 21 heavy (non-hydrogen) atoms. The van der Waals surface area contributed by atoms with Crippen molar-refractivity contribution < 1.29 is 9.53 Å². The SMILES string of the molecule is CC1CC(NCc2cnn(C)c2NC(=O)OC(C)(C)C)C1. The molecule has 0 atom stereocenters. The summed E-state index contributed by atoms with van der Waals surface area (Å²) in [7, 11) is 1.81. The molecular weight excluding hydrogens is 268 g/mol. The number of hydrogen-bond donors (Lipinski definition) is 2. The number of nitrogens with zero attached hydrogens (tertiary/aromatic N) is 2. The van der Waals surface area contributed by atoms with Gasteiger partial charge in [-0.15, -0.1) is 0 Å². The molecule has 0 spiro atoms. The fourth-order valence-electron chi connectivity index (χ4n) is 2.50. The number of anilines is 1. The molecular formula is C15H26N4O2. The van der Waals surface area contributed by atoms with Gasteiger partial charge in [-0.25, -0.2) is 4.79 Å². The van der Waals surface area contributed by atoms with Crippen molar-refractivity contribution in [3.63, 3.8) is 0 Å². The third kappa shape index (κ3) is 4.46. The van der Waals surface area contributed by atoms with E-state index in [-0.39, 0.29) is 0 Å². The van der Waals surface area contributed by atoms with Gasteiger partial charge in [0.05, 0.1) is 6.20 Å². The van der Waals surface area contributed by atoms with Crippen LogP contribution in [0.15, 0.2) is 6.20 Å². The van der Waals surface area contributed by atoms with Crippen LogP contribution < -0.4 is 10.6 Å². The predicted molar refractivity (Wildman–Crippen MR) is 82.1 cm³/mol. The van der Waals surface area contributed by atoms with Gasteiger partial charge in [0.1, 0.15) is 11.4 Å². The van der Waals surface area contributed by atoms with Crippen LogP contribution in [-0.2, 0) is 18.3 Å². The quantitative estimate of drug-likeness (QED) is 0.896. The standard InChI is InChI=1S/C15H26N4O2/c1-10-6-12(7-10)16-8-11-9-17-19(5)13(11)18-14(20)21-15(2,3)4/h9-10,12,16H,6-8H2,1-5H3,(H,18,20). The second-order valence-electron chi connectivity index (χ2n) is 6.92. The fourth-order valence-corrected chi connectivity index (χ4v) is 2.50. The maximum atomic E-state index is 11.9. The summed E-state index contributed by atoms with van der Waals surface area (Å²) in [6, 6.07) is 0.578. The number of hydrogen-bond acceptors (Lipinski definition) is 4. The maximum absolute atomic E-state index is 11.9. The van der Waals surface area contributed by atoms with E-state index >= 15 is 0 Å². The van der Waals surface area contributed by atoms with Crippen LogP contribution in [0.25, 0.3) is 0 Å². The van der Waals surface area contributed by atoms with Crippen molar-refractivity contribution in [1.29, 1.82) is 0 Å². The van der Waals surface area contributed by atoms with Crippen LogP contribution in [-0.4, -0.2) is 27.5 Å². The minimum atomic E-state index is -0.511. The van der Waals surface area contributed by atoms with Crippen molar-refractivity contribution in [3.05, 3.63) is 11.8 Å². The average molecular weight is 294 g/mol. The maximum Gasteiger partial charge on any atom is 0.413 e. The smallest absolute Gasteiger partial charge is 0.413 e. The van der Waals surface area contributed by atoms with E-state index < -0.39 is 11.7 Å². The molecule has 2 rings (SSSR count). The van der Waals surface area contributed by atoms with E-state index in [0.29, 0.717) is 18.4 Å². The van der Waals surface area contributed by atoms with Crippen molar-refractivity contribution in [1.82, 2.24) is 15.1 Å². The highest BCUT2D eigenvalue weighted by atomic mass is 16.6. The first-order valence-corrected chi connectivity index (χ1v) is 7.49. The van der Waals surface area contributed by atoms with E-state index in [1.165, 1.54) is 12.8 Å². The van der Waals surface area contributed by atoms with Gasteiger partial charge in [0, 0.05) is 25.2 Å². The molecule has 0 aromatic carbocycles. The highest BCUT2D eigenvalue weighted by Gasteiger charge is 2.25. The number of aryl methyl sites for hydroxylation is 1. The highest BCUT2D eigenvalue weighted by molar-refractivity contribution is 5.84. The van der Waals surface area contributed by atoms with Crippen molar-refractivity contribution in [2.24, 2.45) is 13.0 Å². The molecule has 0 radical (unpaired) electrons. The summed E-state index contributed by atoms with van der Waals surface area (Å²) >= 11 is 0. The molecule has 2 N–H and O–H groups in total. The zero-order valence-corrected chi connectivity index (χ0v) is 13.6. The molecule has 0 aliphatic heterocycles. The van der Waals surface area contributed by atoms with E-state index in [0.717, 1.165) is 11.5 Å². The molecule has 1 aromatic heterocycles. The number of ether oxygens (including phenoxy) is 1. The fraction of sp³-hybridized carbons (Fsp3) is 0.733. The Morgan fingerprint density at radius 2 is 2.14 bits per heavy atom. The number of amides is 1. The number of aromatic nitrogens is 2. The Balaban J connectivity index is 1.92. The summed E-state index contributed by atoms with van der Waals surface area (Å²) in [5, 5.41) is 10.5. The Morgan fingerprint density at radius 1 is 1.48 bits per heavy atom. The molecule has 1 saturated carbocycles. The van der Waals surface area contributed by atoms with Gasteiger partial charge in [-0.2, -0.15) is 5.10 Å². The van der Waals surface area contributed by atoms with Crippen molar-refractivity contribution >= 4 is 11.9 Å². The zero-order chi connectivity index (χ0) is 15.6. The summed E-state index contributed by atoms with van der Waals surface area (Å²) in [4.78, 5) is 11.9. The van der Waals surface area contributed by atoms with Crippen LogP contribution in [0.5, 0.6) is 0 Å². The van der Waals surface area contributed by atoms with Crippen LogP contribution in [0, 0.1) is 5.92 Å². The molecule has 0 unspecified atom stereocenters. The van der Waals surface area contributed by atoms with Gasteiger partial charge in [0.2, 0.25) is 0 Å². The molecule has 1 heterocycles. The summed E-state index contributed by atoms with van der Waals surface area (Å²) < 4.78 is 6.94. The zero-order valence-electron chi connectivity index (χ0n) is 13.6. The van der Waals surface area contributed by atoms with Gasteiger partial charge in [0.15, 0.2) is 0 Å². The van der Waals surface area contributed by atoms with E-state index in [4.69, 9.17) is 4.74 Å². The molecule has 0 saturated heterocycles. The number of carbonyl (C=O) groups excluding carboxylic acids is 1. The summed E-state index contributed by atoms with van der Waals surface area (Å²) in [6.07, 6.45) is 3.76. The van der Waals surface area contributed by atoms with Crippen molar-refractivity contribution in [2.75, 3.05) is 5.32 Å². The lowest BCUT2D eigenvalue weighted by molar-refractivity contribution is 0.0634. The Morgan fingerprint density at radius 3 is 2.71 bits per heavy atom. The van der Waals surface area contributed by atoms with Crippen LogP contribution >= 0.6 is 0 Å². The van der Waals surface area contributed by atoms with Gasteiger partial charge in [-0.1, -0.05) is 6.92 Å². The predicted octanol–water partition coefficient (Wildman–Crippen LogP) is 2.66. The molecule has 118 valence electrons. The average Bonchev–Trinajstić information content (AvgIpc) is 2.63. The number of carbonyl (C=O) groups is 1. The molecule has 6 heteroatoms. The van der Waals surface area contributed by atoms with Crippen LogP contribution in [0.3, 0.4) is 0 Å². The Kier molecular flexibility index (Phi) is 4.56. The van der Waals surface area contributed by atoms with Gasteiger partial charge in [-0.3, -0.25) is 10.00 Å². The summed E-state index contributed by atoms with van der Waals surface area (Å²) in [6.45, 7) is 8.50. The first-order valence-electron chi connectivity index (χ1n) is 7.49. The first-order chi connectivity index (χ1) is 9.74. The van der Waals surface area contributed by atoms with Crippen molar-refractivity contribution in [3.8, 4) is 0 Å². The Bertz CT molecular complexity index is 498. The van der Waals surface area contributed by atoms with Crippen LogP contribution in [0.4, 0.5) is 10.6 Å². The second-order valence-corrected chi connectivity index (χ2v) is 6.92. The molecule has 1 aliphatic carbocycles. The van der Waals surface area contributed by atoms with Gasteiger partial charge in [-0.05, 0) is 39.5 Å².